The SMILES string of the molecule is CC(OC(=O)c1cccnc1Sc1ccccc1)C(=O)NC(C)c1ccccc1. The molecule has 1 heterocycles. The Hall–Kier alpha value is -3.12. The Labute approximate surface area is 174 Å². The zero-order valence-electron chi connectivity index (χ0n) is 16.2. The van der Waals surface area contributed by atoms with Gasteiger partial charge >= 0.3 is 5.97 Å². The Kier molecular flexibility index (Phi) is 7.03. The van der Waals surface area contributed by atoms with E-state index >= 15 is 0 Å². The van der Waals surface area contributed by atoms with Crippen LogP contribution in [-0.4, -0.2) is 23.0 Å². The van der Waals surface area contributed by atoms with Crippen molar-refractivity contribution in [1.29, 1.82) is 0 Å². The number of hydrogen-bond donors (Lipinski definition) is 1. The van der Waals surface area contributed by atoms with E-state index in [2.05, 4.69) is 10.3 Å². The number of rotatable bonds is 7. The van der Waals surface area contributed by atoms with Gasteiger partial charge in [0.1, 0.15) is 5.03 Å². The summed E-state index contributed by atoms with van der Waals surface area (Å²) in [6.07, 6.45) is 0.697. The van der Waals surface area contributed by atoms with E-state index in [0.717, 1.165) is 10.5 Å². The van der Waals surface area contributed by atoms with Crippen LogP contribution >= 0.6 is 11.8 Å². The average Bonchev–Trinajstić information content (AvgIpc) is 2.75. The number of pyridine rings is 1. The molecule has 2 aromatic carbocycles. The molecule has 0 aliphatic carbocycles. The Morgan fingerprint density at radius 2 is 1.59 bits per heavy atom. The van der Waals surface area contributed by atoms with Gasteiger partial charge in [-0.25, -0.2) is 9.78 Å². The lowest BCUT2D eigenvalue weighted by molar-refractivity contribution is -0.129. The van der Waals surface area contributed by atoms with Crippen LogP contribution in [-0.2, 0) is 9.53 Å². The number of ether oxygens (including phenoxy) is 1. The summed E-state index contributed by atoms with van der Waals surface area (Å²) in [4.78, 5) is 30.4. The molecule has 3 aromatic rings. The van der Waals surface area contributed by atoms with Crippen LogP contribution in [0.15, 0.2) is 88.9 Å². The zero-order chi connectivity index (χ0) is 20.6. The second kappa shape index (κ2) is 9.89. The van der Waals surface area contributed by atoms with Crippen molar-refractivity contribution in [2.75, 3.05) is 0 Å². The third-order valence-corrected chi connectivity index (χ3v) is 5.29. The van der Waals surface area contributed by atoms with Crippen LogP contribution in [0.3, 0.4) is 0 Å². The molecular formula is C23H22N2O3S. The molecular weight excluding hydrogens is 384 g/mol. The van der Waals surface area contributed by atoms with Gasteiger partial charge in [0.15, 0.2) is 6.10 Å². The summed E-state index contributed by atoms with van der Waals surface area (Å²) in [5.74, 6) is -0.928. The van der Waals surface area contributed by atoms with Gasteiger partial charge in [0.2, 0.25) is 0 Å². The summed E-state index contributed by atoms with van der Waals surface area (Å²) in [6, 6.07) is 22.4. The van der Waals surface area contributed by atoms with Gasteiger partial charge in [0.05, 0.1) is 11.6 Å². The van der Waals surface area contributed by atoms with E-state index in [-0.39, 0.29) is 11.9 Å². The van der Waals surface area contributed by atoms with Gasteiger partial charge in [-0.1, -0.05) is 60.3 Å². The molecule has 1 N–H and O–H groups in total. The van der Waals surface area contributed by atoms with E-state index in [9.17, 15) is 9.59 Å². The summed E-state index contributed by atoms with van der Waals surface area (Å²) in [5, 5.41) is 3.41. The molecule has 3 rings (SSSR count). The monoisotopic (exact) mass is 406 g/mol. The number of benzene rings is 2. The highest BCUT2D eigenvalue weighted by atomic mass is 32.2. The number of nitrogens with one attached hydrogen (secondary N) is 1. The molecule has 0 saturated heterocycles. The van der Waals surface area contributed by atoms with Crippen LogP contribution in [0.1, 0.15) is 35.8 Å². The molecule has 2 unspecified atom stereocenters. The molecule has 0 aliphatic heterocycles. The van der Waals surface area contributed by atoms with E-state index < -0.39 is 12.1 Å². The molecule has 29 heavy (non-hydrogen) atoms. The maximum atomic E-state index is 12.7. The highest BCUT2D eigenvalue weighted by Crippen LogP contribution is 2.28. The second-order valence-electron chi connectivity index (χ2n) is 6.46. The van der Waals surface area contributed by atoms with Crippen LogP contribution in [0.4, 0.5) is 0 Å². The normalized spacial score (nSPS) is 12.6. The largest absolute Gasteiger partial charge is 0.449 e. The Bertz CT molecular complexity index is 964. The van der Waals surface area contributed by atoms with Gasteiger partial charge in [-0.2, -0.15) is 0 Å². The minimum Gasteiger partial charge on any atom is -0.449 e. The van der Waals surface area contributed by atoms with E-state index in [1.807, 2.05) is 67.6 Å². The van der Waals surface area contributed by atoms with Crippen LogP contribution in [0.25, 0.3) is 0 Å². The number of carbonyl (C=O) groups is 2. The topological polar surface area (TPSA) is 68.3 Å². The van der Waals surface area contributed by atoms with Gasteiger partial charge in [-0.3, -0.25) is 4.79 Å². The minimum atomic E-state index is -0.927. The number of esters is 1. The van der Waals surface area contributed by atoms with Crippen molar-refractivity contribution in [3.05, 3.63) is 90.1 Å². The number of carbonyl (C=O) groups excluding carboxylic acids is 2. The summed E-state index contributed by atoms with van der Waals surface area (Å²) >= 11 is 1.37. The molecule has 6 heteroatoms. The van der Waals surface area contributed by atoms with Crippen LogP contribution in [0, 0.1) is 0 Å². The van der Waals surface area contributed by atoms with E-state index in [0.29, 0.717) is 10.6 Å². The number of aromatic nitrogens is 1. The molecule has 1 amide bonds. The van der Waals surface area contributed by atoms with Crippen molar-refractivity contribution in [3.63, 3.8) is 0 Å². The van der Waals surface area contributed by atoms with Gasteiger partial charge in [-0.15, -0.1) is 0 Å². The van der Waals surface area contributed by atoms with Gasteiger partial charge in [0.25, 0.3) is 5.91 Å². The van der Waals surface area contributed by atoms with Gasteiger partial charge < -0.3 is 10.1 Å². The third kappa shape index (κ3) is 5.68. The highest BCUT2D eigenvalue weighted by Gasteiger charge is 2.23. The first kappa shape index (κ1) is 20.6. The van der Waals surface area contributed by atoms with Crippen molar-refractivity contribution in [2.45, 2.75) is 35.9 Å². The Morgan fingerprint density at radius 3 is 2.28 bits per heavy atom. The highest BCUT2D eigenvalue weighted by molar-refractivity contribution is 7.99. The van der Waals surface area contributed by atoms with Crippen molar-refractivity contribution in [2.24, 2.45) is 0 Å². The average molecular weight is 407 g/mol. The summed E-state index contributed by atoms with van der Waals surface area (Å²) in [5.41, 5.74) is 1.31. The maximum Gasteiger partial charge on any atom is 0.341 e. The molecule has 5 nitrogen and oxygen atoms in total. The van der Waals surface area contributed by atoms with Crippen LogP contribution < -0.4 is 5.32 Å². The summed E-state index contributed by atoms with van der Waals surface area (Å²) < 4.78 is 5.41. The van der Waals surface area contributed by atoms with Crippen LogP contribution in [0.2, 0.25) is 0 Å². The number of hydrogen-bond acceptors (Lipinski definition) is 5. The fraction of sp³-hybridized carbons (Fsp3) is 0.174. The quantitative estimate of drug-likeness (QED) is 0.578. The van der Waals surface area contributed by atoms with E-state index in [1.54, 1.807) is 25.3 Å². The second-order valence-corrected chi connectivity index (χ2v) is 7.52. The molecule has 0 saturated carbocycles. The number of amides is 1. The zero-order valence-corrected chi connectivity index (χ0v) is 17.1. The molecule has 2 atom stereocenters. The fourth-order valence-corrected chi connectivity index (χ4v) is 3.55. The fourth-order valence-electron chi connectivity index (χ4n) is 2.66. The molecule has 0 aliphatic rings. The first-order valence-corrected chi connectivity index (χ1v) is 10.1. The standard InChI is InChI=1S/C23H22N2O3S/c1-16(18-10-5-3-6-11-18)25-21(26)17(2)28-23(27)20-14-9-15-24-22(20)29-19-12-7-4-8-13-19/h3-17H,1-2H3,(H,25,26). The third-order valence-electron chi connectivity index (χ3n) is 4.26. The lowest BCUT2D eigenvalue weighted by Crippen LogP contribution is -2.37. The van der Waals surface area contributed by atoms with Crippen LogP contribution in [0.5, 0.6) is 0 Å². The summed E-state index contributed by atoms with van der Waals surface area (Å²) in [6.45, 7) is 3.45. The Morgan fingerprint density at radius 1 is 0.931 bits per heavy atom. The minimum absolute atomic E-state index is 0.188. The maximum absolute atomic E-state index is 12.7. The van der Waals surface area contributed by atoms with Crippen molar-refractivity contribution in [1.82, 2.24) is 10.3 Å². The van der Waals surface area contributed by atoms with Crippen molar-refractivity contribution in [3.8, 4) is 0 Å². The van der Waals surface area contributed by atoms with Crippen molar-refractivity contribution >= 4 is 23.6 Å². The molecule has 0 bridgehead atoms. The lowest BCUT2D eigenvalue weighted by atomic mass is 10.1. The molecule has 1 aromatic heterocycles. The first-order chi connectivity index (χ1) is 14.0. The summed E-state index contributed by atoms with van der Waals surface area (Å²) in [7, 11) is 0. The predicted octanol–water partition coefficient (Wildman–Crippen LogP) is 4.66. The number of nitrogens with zero attached hydrogens (tertiary/aromatic N) is 1. The predicted molar refractivity (Wildman–Crippen MR) is 113 cm³/mol. The van der Waals surface area contributed by atoms with Gasteiger partial charge in [-0.05, 0) is 43.7 Å². The van der Waals surface area contributed by atoms with E-state index in [4.69, 9.17) is 4.74 Å². The molecule has 148 valence electrons. The van der Waals surface area contributed by atoms with E-state index in [1.165, 1.54) is 11.8 Å². The first-order valence-electron chi connectivity index (χ1n) is 9.29. The van der Waals surface area contributed by atoms with Crippen molar-refractivity contribution < 1.29 is 14.3 Å². The van der Waals surface area contributed by atoms with Gasteiger partial charge in [0, 0.05) is 11.1 Å². The smallest absolute Gasteiger partial charge is 0.341 e. The molecule has 0 spiro atoms. The Balaban J connectivity index is 1.64. The molecule has 0 fully saturated rings. The molecule has 0 radical (unpaired) electrons. The lowest BCUT2D eigenvalue weighted by Gasteiger charge is -2.18.